The third-order valence-electron chi connectivity index (χ3n) is 4.58. The van der Waals surface area contributed by atoms with E-state index in [2.05, 4.69) is 22.8 Å². The SMILES string of the molecule is CC(=O)Nc1ccc(SC(C)C(=O)Nc2ccc(SC3CCCC3)cc2)cc1. The van der Waals surface area contributed by atoms with Crippen LogP contribution in [0.1, 0.15) is 39.5 Å². The Kier molecular flexibility index (Phi) is 7.45. The van der Waals surface area contributed by atoms with Crippen molar-refractivity contribution in [3.8, 4) is 0 Å². The first kappa shape index (κ1) is 20.8. The van der Waals surface area contributed by atoms with E-state index < -0.39 is 0 Å². The van der Waals surface area contributed by atoms with Gasteiger partial charge in [0.2, 0.25) is 11.8 Å². The number of benzene rings is 2. The quantitative estimate of drug-likeness (QED) is 0.562. The van der Waals surface area contributed by atoms with Crippen LogP contribution in [0.2, 0.25) is 0 Å². The fourth-order valence-corrected chi connectivity index (χ4v) is 5.25. The number of rotatable bonds is 7. The van der Waals surface area contributed by atoms with E-state index in [1.54, 1.807) is 0 Å². The molecule has 1 saturated carbocycles. The minimum atomic E-state index is -0.223. The lowest BCUT2D eigenvalue weighted by atomic mass is 10.3. The largest absolute Gasteiger partial charge is 0.326 e. The standard InChI is InChI=1S/C22H26N2O2S2/c1-15(27-20-11-7-17(8-12-20)23-16(2)25)22(26)24-18-9-13-21(14-10-18)28-19-5-3-4-6-19/h7-15,19H,3-6H2,1-2H3,(H,23,25)(H,24,26). The van der Waals surface area contributed by atoms with E-state index in [0.717, 1.165) is 21.5 Å². The summed E-state index contributed by atoms with van der Waals surface area (Å²) in [5, 5.41) is 6.25. The number of amides is 2. The van der Waals surface area contributed by atoms with Gasteiger partial charge in [0.1, 0.15) is 0 Å². The molecule has 6 heteroatoms. The molecule has 2 amide bonds. The monoisotopic (exact) mass is 414 g/mol. The van der Waals surface area contributed by atoms with Crippen molar-refractivity contribution in [1.29, 1.82) is 0 Å². The van der Waals surface area contributed by atoms with Gasteiger partial charge in [-0.05, 0) is 68.3 Å². The Labute approximate surface area is 175 Å². The summed E-state index contributed by atoms with van der Waals surface area (Å²) >= 11 is 3.44. The van der Waals surface area contributed by atoms with Gasteiger partial charge in [0.15, 0.2) is 0 Å². The second-order valence-corrected chi connectivity index (χ2v) is 9.79. The number of carbonyl (C=O) groups is 2. The molecular weight excluding hydrogens is 388 g/mol. The molecule has 28 heavy (non-hydrogen) atoms. The van der Waals surface area contributed by atoms with Crippen LogP contribution in [0.15, 0.2) is 58.3 Å². The summed E-state index contributed by atoms with van der Waals surface area (Å²) in [6.45, 7) is 3.38. The van der Waals surface area contributed by atoms with Gasteiger partial charge in [-0.1, -0.05) is 12.8 Å². The molecule has 0 radical (unpaired) electrons. The van der Waals surface area contributed by atoms with E-state index in [4.69, 9.17) is 0 Å². The average molecular weight is 415 g/mol. The molecule has 1 aliphatic carbocycles. The summed E-state index contributed by atoms with van der Waals surface area (Å²) < 4.78 is 0. The maximum atomic E-state index is 12.5. The van der Waals surface area contributed by atoms with Gasteiger partial charge < -0.3 is 10.6 Å². The minimum Gasteiger partial charge on any atom is -0.326 e. The van der Waals surface area contributed by atoms with Gasteiger partial charge >= 0.3 is 0 Å². The Balaban J connectivity index is 1.49. The van der Waals surface area contributed by atoms with Crippen LogP contribution in [0.25, 0.3) is 0 Å². The van der Waals surface area contributed by atoms with Crippen molar-refractivity contribution in [1.82, 2.24) is 0 Å². The van der Waals surface area contributed by atoms with E-state index in [1.807, 2.05) is 55.1 Å². The second kappa shape index (κ2) is 10.0. The molecule has 3 rings (SSSR count). The number of hydrogen-bond acceptors (Lipinski definition) is 4. The molecule has 0 aliphatic heterocycles. The van der Waals surface area contributed by atoms with Crippen molar-refractivity contribution in [3.05, 3.63) is 48.5 Å². The first-order valence-corrected chi connectivity index (χ1v) is 11.4. The fourth-order valence-electron chi connectivity index (χ4n) is 3.14. The third-order valence-corrected chi connectivity index (χ3v) is 7.04. The van der Waals surface area contributed by atoms with Crippen molar-refractivity contribution in [2.45, 2.75) is 59.8 Å². The van der Waals surface area contributed by atoms with E-state index in [9.17, 15) is 9.59 Å². The van der Waals surface area contributed by atoms with Crippen molar-refractivity contribution >= 4 is 46.7 Å². The molecule has 0 heterocycles. The zero-order valence-corrected chi connectivity index (χ0v) is 17.9. The topological polar surface area (TPSA) is 58.2 Å². The van der Waals surface area contributed by atoms with Crippen molar-refractivity contribution in [2.75, 3.05) is 10.6 Å². The smallest absolute Gasteiger partial charge is 0.237 e. The summed E-state index contributed by atoms with van der Waals surface area (Å²) in [7, 11) is 0. The summed E-state index contributed by atoms with van der Waals surface area (Å²) in [5.41, 5.74) is 1.58. The third kappa shape index (κ3) is 6.31. The Hall–Kier alpha value is -1.92. The van der Waals surface area contributed by atoms with Gasteiger partial charge in [-0.2, -0.15) is 0 Å². The normalized spacial score (nSPS) is 15.2. The highest BCUT2D eigenvalue weighted by Gasteiger charge is 2.17. The zero-order valence-electron chi connectivity index (χ0n) is 16.2. The van der Waals surface area contributed by atoms with E-state index in [0.29, 0.717) is 0 Å². The van der Waals surface area contributed by atoms with Crippen LogP contribution in [-0.4, -0.2) is 22.3 Å². The summed E-state index contributed by atoms with van der Waals surface area (Å²) in [4.78, 5) is 25.8. The molecule has 2 aromatic rings. The van der Waals surface area contributed by atoms with Gasteiger partial charge in [-0.3, -0.25) is 9.59 Å². The highest BCUT2D eigenvalue weighted by Crippen LogP contribution is 2.35. The second-order valence-electron chi connectivity index (χ2n) is 7.00. The Morgan fingerprint density at radius 1 is 0.893 bits per heavy atom. The number of hydrogen-bond donors (Lipinski definition) is 2. The van der Waals surface area contributed by atoms with Gasteiger partial charge in [-0.15, -0.1) is 23.5 Å². The van der Waals surface area contributed by atoms with Crippen molar-refractivity contribution in [3.63, 3.8) is 0 Å². The first-order chi connectivity index (χ1) is 13.5. The van der Waals surface area contributed by atoms with E-state index in [1.165, 1.54) is 49.3 Å². The molecule has 0 bridgehead atoms. The number of carbonyl (C=O) groups excluding carboxylic acids is 2. The maximum absolute atomic E-state index is 12.5. The number of anilines is 2. The minimum absolute atomic E-state index is 0.0212. The van der Waals surface area contributed by atoms with Gasteiger partial charge in [0, 0.05) is 33.3 Å². The molecule has 0 spiro atoms. The molecule has 1 aliphatic rings. The van der Waals surface area contributed by atoms with Crippen LogP contribution >= 0.6 is 23.5 Å². The van der Waals surface area contributed by atoms with Crippen LogP contribution in [0, 0.1) is 0 Å². The molecule has 0 aromatic heterocycles. The van der Waals surface area contributed by atoms with Crippen LogP contribution < -0.4 is 10.6 Å². The zero-order chi connectivity index (χ0) is 19.9. The highest BCUT2D eigenvalue weighted by atomic mass is 32.2. The molecule has 2 N–H and O–H groups in total. The van der Waals surface area contributed by atoms with Gasteiger partial charge in [0.25, 0.3) is 0 Å². The van der Waals surface area contributed by atoms with E-state index >= 15 is 0 Å². The molecule has 2 aromatic carbocycles. The predicted octanol–water partition coefficient (Wildman–Crippen LogP) is 5.80. The lowest BCUT2D eigenvalue weighted by Gasteiger charge is -2.13. The van der Waals surface area contributed by atoms with Crippen LogP contribution in [0.3, 0.4) is 0 Å². The van der Waals surface area contributed by atoms with E-state index in [-0.39, 0.29) is 17.1 Å². The molecule has 1 atom stereocenters. The lowest BCUT2D eigenvalue weighted by molar-refractivity contribution is -0.115. The number of thioether (sulfide) groups is 2. The average Bonchev–Trinajstić information content (AvgIpc) is 3.17. The molecule has 1 fully saturated rings. The Bertz CT molecular complexity index is 800. The summed E-state index contributed by atoms with van der Waals surface area (Å²) in [6, 6.07) is 15.7. The van der Waals surface area contributed by atoms with Gasteiger partial charge in [-0.25, -0.2) is 0 Å². The first-order valence-electron chi connectivity index (χ1n) is 9.61. The van der Waals surface area contributed by atoms with Gasteiger partial charge in [0.05, 0.1) is 5.25 Å². The van der Waals surface area contributed by atoms with Crippen LogP contribution in [-0.2, 0) is 9.59 Å². The molecule has 4 nitrogen and oxygen atoms in total. The number of nitrogens with one attached hydrogen (secondary N) is 2. The molecular formula is C22H26N2O2S2. The molecule has 0 saturated heterocycles. The lowest BCUT2D eigenvalue weighted by Crippen LogP contribution is -2.22. The molecule has 1 unspecified atom stereocenters. The maximum Gasteiger partial charge on any atom is 0.237 e. The highest BCUT2D eigenvalue weighted by molar-refractivity contribution is 8.00. The Morgan fingerprint density at radius 2 is 1.43 bits per heavy atom. The fraction of sp³-hybridized carbons (Fsp3) is 0.364. The predicted molar refractivity (Wildman–Crippen MR) is 119 cm³/mol. The summed E-state index contributed by atoms with van der Waals surface area (Å²) in [5.74, 6) is -0.118. The van der Waals surface area contributed by atoms with Crippen molar-refractivity contribution in [2.24, 2.45) is 0 Å². The van der Waals surface area contributed by atoms with Crippen molar-refractivity contribution < 1.29 is 9.59 Å². The van der Waals surface area contributed by atoms with Crippen LogP contribution in [0.5, 0.6) is 0 Å². The van der Waals surface area contributed by atoms with Crippen LogP contribution in [0.4, 0.5) is 11.4 Å². The molecule has 148 valence electrons. The summed E-state index contributed by atoms with van der Waals surface area (Å²) in [6.07, 6.45) is 5.31. The Morgan fingerprint density at radius 3 is 2.00 bits per heavy atom.